The number of ether oxygens (including phenoxy) is 1. The quantitative estimate of drug-likeness (QED) is 0.375. The van der Waals surface area contributed by atoms with Gasteiger partial charge in [0.25, 0.3) is 5.91 Å². The van der Waals surface area contributed by atoms with E-state index in [0.717, 1.165) is 10.1 Å². The molecule has 0 saturated heterocycles. The number of anilines is 1. The molecule has 4 rings (SSSR count). The first-order chi connectivity index (χ1) is 14.5. The van der Waals surface area contributed by atoms with Crippen molar-refractivity contribution in [3.8, 4) is 11.5 Å². The SMILES string of the molecule is O=C(O)Cc1ccc(Oc2ccc(NC(=O)c3cc4ccccc4s3)cc2)c(Cl)c1. The zero-order chi connectivity index (χ0) is 21.1. The van der Waals surface area contributed by atoms with Crippen LogP contribution in [-0.4, -0.2) is 17.0 Å². The molecule has 1 aromatic heterocycles. The number of carbonyl (C=O) groups excluding carboxylic acids is 1. The van der Waals surface area contributed by atoms with Crippen molar-refractivity contribution >= 4 is 50.6 Å². The van der Waals surface area contributed by atoms with Crippen LogP contribution in [0, 0.1) is 0 Å². The Hall–Kier alpha value is -3.35. The van der Waals surface area contributed by atoms with Crippen LogP contribution >= 0.6 is 22.9 Å². The monoisotopic (exact) mass is 437 g/mol. The molecule has 7 heteroatoms. The average Bonchev–Trinajstić information content (AvgIpc) is 3.15. The van der Waals surface area contributed by atoms with E-state index in [1.807, 2.05) is 30.3 Å². The van der Waals surface area contributed by atoms with Crippen LogP contribution in [0.5, 0.6) is 11.5 Å². The normalized spacial score (nSPS) is 10.7. The molecule has 0 spiro atoms. The molecule has 0 atom stereocenters. The van der Waals surface area contributed by atoms with Gasteiger partial charge in [0, 0.05) is 10.4 Å². The minimum atomic E-state index is -0.923. The highest BCUT2D eigenvalue weighted by molar-refractivity contribution is 7.20. The number of carboxylic acid groups (broad SMARTS) is 1. The fourth-order valence-electron chi connectivity index (χ4n) is 2.93. The number of benzene rings is 3. The fraction of sp³-hybridized carbons (Fsp3) is 0.0435. The molecule has 0 aliphatic heterocycles. The third-order valence-electron chi connectivity index (χ3n) is 4.34. The van der Waals surface area contributed by atoms with E-state index in [0.29, 0.717) is 32.6 Å². The van der Waals surface area contributed by atoms with Crippen LogP contribution in [0.1, 0.15) is 15.2 Å². The molecule has 0 aliphatic carbocycles. The largest absolute Gasteiger partial charge is 0.481 e. The lowest BCUT2D eigenvalue weighted by Crippen LogP contribution is -2.09. The summed E-state index contributed by atoms with van der Waals surface area (Å²) >= 11 is 7.64. The van der Waals surface area contributed by atoms with Crippen molar-refractivity contribution in [2.24, 2.45) is 0 Å². The molecule has 5 nitrogen and oxygen atoms in total. The second-order valence-corrected chi connectivity index (χ2v) is 8.06. The minimum absolute atomic E-state index is 0.103. The summed E-state index contributed by atoms with van der Waals surface area (Å²) in [5.74, 6) is -0.120. The van der Waals surface area contributed by atoms with Gasteiger partial charge >= 0.3 is 5.97 Å². The third-order valence-corrected chi connectivity index (χ3v) is 5.75. The van der Waals surface area contributed by atoms with Crippen LogP contribution in [0.3, 0.4) is 0 Å². The zero-order valence-electron chi connectivity index (χ0n) is 15.6. The molecule has 1 heterocycles. The second-order valence-electron chi connectivity index (χ2n) is 6.56. The molecular formula is C23H16ClNO4S. The number of hydrogen-bond acceptors (Lipinski definition) is 4. The van der Waals surface area contributed by atoms with Gasteiger partial charge in [0.2, 0.25) is 0 Å². The molecule has 3 aromatic carbocycles. The molecule has 150 valence electrons. The van der Waals surface area contributed by atoms with Gasteiger partial charge in [-0.25, -0.2) is 0 Å². The lowest BCUT2D eigenvalue weighted by atomic mass is 10.1. The van der Waals surface area contributed by atoms with E-state index in [-0.39, 0.29) is 12.3 Å². The van der Waals surface area contributed by atoms with Gasteiger partial charge in [-0.1, -0.05) is 35.9 Å². The Labute approximate surface area is 181 Å². The van der Waals surface area contributed by atoms with E-state index in [1.54, 1.807) is 42.5 Å². The van der Waals surface area contributed by atoms with Gasteiger partial charge < -0.3 is 15.2 Å². The topological polar surface area (TPSA) is 75.6 Å². The van der Waals surface area contributed by atoms with Gasteiger partial charge in [-0.05, 0) is 59.5 Å². The summed E-state index contributed by atoms with van der Waals surface area (Å²) < 4.78 is 6.83. The lowest BCUT2D eigenvalue weighted by Gasteiger charge is -2.10. The summed E-state index contributed by atoms with van der Waals surface area (Å²) in [5.41, 5.74) is 1.24. The van der Waals surface area contributed by atoms with Gasteiger partial charge in [-0.2, -0.15) is 0 Å². The molecule has 0 saturated carbocycles. The number of carbonyl (C=O) groups is 2. The number of nitrogens with one attached hydrogen (secondary N) is 1. The second kappa shape index (κ2) is 8.57. The maximum absolute atomic E-state index is 12.5. The Balaban J connectivity index is 1.42. The smallest absolute Gasteiger partial charge is 0.307 e. The maximum Gasteiger partial charge on any atom is 0.307 e. The summed E-state index contributed by atoms with van der Waals surface area (Å²) in [7, 11) is 0. The van der Waals surface area contributed by atoms with Crippen LogP contribution in [0.15, 0.2) is 72.8 Å². The van der Waals surface area contributed by atoms with Crippen LogP contribution in [0.25, 0.3) is 10.1 Å². The molecule has 1 amide bonds. The van der Waals surface area contributed by atoms with Crippen LogP contribution in [0.4, 0.5) is 5.69 Å². The van der Waals surface area contributed by atoms with Crippen LogP contribution in [0.2, 0.25) is 5.02 Å². The Morgan fingerprint density at radius 3 is 2.47 bits per heavy atom. The van der Waals surface area contributed by atoms with Gasteiger partial charge in [-0.3, -0.25) is 9.59 Å². The van der Waals surface area contributed by atoms with Crippen molar-refractivity contribution in [2.75, 3.05) is 5.32 Å². The summed E-state index contributed by atoms with van der Waals surface area (Å²) in [6, 6.07) is 21.5. The van der Waals surface area contributed by atoms with Crippen molar-refractivity contribution in [1.29, 1.82) is 0 Å². The molecule has 30 heavy (non-hydrogen) atoms. The molecule has 0 aliphatic rings. The van der Waals surface area contributed by atoms with E-state index in [9.17, 15) is 9.59 Å². The predicted molar refractivity (Wildman–Crippen MR) is 119 cm³/mol. The van der Waals surface area contributed by atoms with E-state index < -0.39 is 5.97 Å². The first-order valence-electron chi connectivity index (χ1n) is 9.06. The minimum Gasteiger partial charge on any atom is -0.481 e. The zero-order valence-corrected chi connectivity index (χ0v) is 17.2. The first-order valence-corrected chi connectivity index (χ1v) is 10.3. The summed E-state index contributed by atoms with van der Waals surface area (Å²) in [5, 5.41) is 13.1. The van der Waals surface area contributed by atoms with Crippen LogP contribution in [-0.2, 0) is 11.2 Å². The lowest BCUT2D eigenvalue weighted by molar-refractivity contribution is -0.136. The van der Waals surface area contributed by atoms with E-state index in [2.05, 4.69) is 5.32 Å². The number of hydrogen-bond donors (Lipinski definition) is 2. The third kappa shape index (κ3) is 4.62. The van der Waals surface area contributed by atoms with Gasteiger partial charge in [-0.15, -0.1) is 11.3 Å². The number of aliphatic carboxylic acids is 1. The van der Waals surface area contributed by atoms with Gasteiger partial charge in [0.15, 0.2) is 0 Å². The van der Waals surface area contributed by atoms with E-state index in [4.69, 9.17) is 21.4 Å². The standard InChI is InChI=1S/C23H16ClNO4S/c24-18-11-14(12-22(26)27)5-10-19(18)29-17-8-6-16(7-9-17)25-23(28)21-13-15-3-1-2-4-20(15)30-21/h1-11,13H,12H2,(H,25,28)(H,26,27). The number of thiophene rings is 1. The van der Waals surface area contributed by atoms with Crippen LogP contribution < -0.4 is 10.1 Å². The highest BCUT2D eigenvalue weighted by Gasteiger charge is 2.11. The molecule has 0 fully saturated rings. The Bertz CT molecular complexity index is 1200. The number of amides is 1. The van der Waals surface area contributed by atoms with E-state index >= 15 is 0 Å². The number of halogens is 1. The molecule has 0 radical (unpaired) electrons. The molecular weight excluding hydrogens is 422 g/mol. The number of rotatable bonds is 6. The van der Waals surface area contributed by atoms with Crippen molar-refractivity contribution in [1.82, 2.24) is 0 Å². The Morgan fingerprint density at radius 2 is 1.77 bits per heavy atom. The maximum atomic E-state index is 12.5. The summed E-state index contributed by atoms with van der Waals surface area (Å²) in [6.07, 6.45) is -0.103. The number of carboxylic acids is 1. The van der Waals surface area contributed by atoms with Crippen molar-refractivity contribution in [3.63, 3.8) is 0 Å². The van der Waals surface area contributed by atoms with Crippen molar-refractivity contribution in [2.45, 2.75) is 6.42 Å². The Kier molecular flexibility index (Phi) is 5.70. The highest BCUT2D eigenvalue weighted by atomic mass is 35.5. The van der Waals surface area contributed by atoms with Gasteiger partial charge in [0.1, 0.15) is 11.5 Å². The summed E-state index contributed by atoms with van der Waals surface area (Å²) in [4.78, 5) is 24.0. The highest BCUT2D eigenvalue weighted by Crippen LogP contribution is 2.31. The van der Waals surface area contributed by atoms with Crippen molar-refractivity contribution in [3.05, 3.63) is 88.3 Å². The molecule has 2 N–H and O–H groups in total. The molecule has 0 unspecified atom stereocenters. The number of fused-ring (bicyclic) bond motifs is 1. The molecule has 0 bridgehead atoms. The van der Waals surface area contributed by atoms with Gasteiger partial charge in [0.05, 0.1) is 16.3 Å². The van der Waals surface area contributed by atoms with Crippen molar-refractivity contribution < 1.29 is 19.4 Å². The molecule has 4 aromatic rings. The average molecular weight is 438 g/mol. The fourth-order valence-corrected chi connectivity index (χ4v) is 4.13. The van der Waals surface area contributed by atoms with E-state index in [1.165, 1.54) is 11.3 Å². The first kappa shape index (κ1) is 19.9. The Morgan fingerprint density at radius 1 is 1.00 bits per heavy atom. The summed E-state index contributed by atoms with van der Waals surface area (Å²) in [6.45, 7) is 0. The predicted octanol–water partition coefficient (Wildman–Crippen LogP) is 6.23.